The summed E-state index contributed by atoms with van der Waals surface area (Å²) in [6.07, 6.45) is 1.72. The molecule has 0 atom stereocenters. The molecule has 0 aliphatic carbocycles. The van der Waals surface area contributed by atoms with E-state index in [4.69, 9.17) is 5.84 Å². The van der Waals surface area contributed by atoms with Crippen molar-refractivity contribution in [3.8, 4) is 0 Å². The summed E-state index contributed by atoms with van der Waals surface area (Å²) in [4.78, 5) is 4.24. The van der Waals surface area contributed by atoms with E-state index in [0.717, 1.165) is 17.2 Å². The van der Waals surface area contributed by atoms with E-state index in [1.165, 1.54) is 27.6 Å². The van der Waals surface area contributed by atoms with E-state index in [9.17, 15) is 0 Å². The number of benzene rings is 1. The van der Waals surface area contributed by atoms with Gasteiger partial charge < -0.3 is 5.84 Å². The lowest BCUT2D eigenvalue weighted by Gasteiger charge is -2.04. The standard InChI is InChI=1S/C17H19N7S/c1-12-6-8-14(9-7-12)11-25-17-23-22-16(24(17)18)21-20-13(2)15-5-3-4-10-19-15/h3-10H,11,18H2,1-2H3,(H,21,22)/b20-13+. The van der Waals surface area contributed by atoms with Gasteiger partial charge in [-0.3, -0.25) is 4.98 Å². The van der Waals surface area contributed by atoms with Crippen LogP contribution in [0, 0.1) is 6.92 Å². The molecule has 25 heavy (non-hydrogen) atoms. The number of nitrogens with zero attached hydrogens (tertiary/aromatic N) is 5. The third-order valence-corrected chi connectivity index (χ3v) is 4.53. The lowest BCUT2D eigenvalue weighted by atomic mass is 10.2. The molecule has 8 heteroatoms. The maximum atomic E-state index is 6.04. The van der Waals surface area contributed by atoms with Gasteiger partial charge in [0, 0.05) is 11.9 Å². The Morgan fingerprint density at radius 2 is 2.00 bits per heavy atom. The number of aromatic nitrogens is 4. The highest BCUT2D eigenvalue weighted by Crippen LogP contribution is 2.21. The Bertz CT molecular complexity index is 856. The SMILES string of the molecule is C/C(=N\Nc1nnc(SCc2ccc(C)cc2)n1N)c1ccccn1. The predicted molar refractivity (Wildman–Crippen MR) is 101 cm³/mol. The smallest absolute Gasteiger partial charge is 0.264 e. The summed E-state index contributed by atoms with van der Waals surface area (Å²) in [6.45, 7) is 3.93. The molecule has 1 aromatic carbocycles. The maximum absolute atomic E-state index is 6.04. The average molecular weight is 353 g/mol. The quantitative estimate of drug-likeness (QED) is 0.306. The molecule has 2 heterocycles. The van der Waals surface area contributed by atoms with Crippen LogP contribution in [0.3, 0.4) is 0 Å². The number of aryl methyl sites for hydroxylation is 1. The first kappa shape index (κ1) is 17.0. The fourth-order valence-electron chi connectivity index (χ4n) is 2.05. The molecule has 0 saturated heterocycles. The monoisotopic (exact) mass is 353 g/mol. The van der Waals surface area contributed by atoms with Gasteiger partial charge in [0.25, 0.3) is 5.95 Å². The zero-order valence-electron chi connectivity index (χ0n) is 14.0. The summed E-state index contributed by atoms with van der Waals surface area (Å²) in [5.41, 5.74) is 6.80. The normalized spacial score (nSPS) is 11.5. The number of hydrogen-bond acceptors (Lipinski definition) is 7. The van der Waals surface area contributed by atoms with Crippen LogP contribution >= 0.6 is 11.8 Å². The van der Waals surface area contributed by atoms with Crippen LogP contribution in [-0.2, 0) is 5.75 Å². The second-order valence-electron chi connectivity index (χ2n) is 5.47. The third-order valence-electron chi connectivity index (χ3n) is 3.51. The summed E-state index contributed by atoms with van der Waals surface area (Å²) in [5.74, 6) is 7.19. The van der Waals surface area contributed by atoms with Crippen LogP contribution in [-0.4, -0.2) is 25.6 Å². The fourth-order valence-corrected chi connectivity index (χ4v) is 2.86. The molecular formula is C17H19N7S. The van der Waals surface area contributed by atoms with Crippen molar-refractivity contribution < 1.29 is 0 Å². The van der Waals surface area contributed by atoms with Gasteiger partial charge in [0.1, 0.15) is 0 Å². The van der Waals surface area contributed by atoms with E-state index in [2.05, 4.69) is 56.9 Å². The highest BCUT2D eigenvalue weighted by Gasteiger charge is 2.10. The molecule has 0 saturated carbocycles. The van der Waals surface area contributed by atoms with E-state index < -0.39 is 0 Å². The Labute approximate surface area is 150 Å². The second-order valence-corrected chi connectivity index (χ2v) is 6.42. The Kier molecular flexibility index (Phi) is 5.30. The Hall–Kier alpha value is -2.87. The number of rotatable bonds is 6. The molecule has 3 N–H and O–H groups in total. The minimum absolute atomic E-state index is 0.377. The summed E-state index contributed by atoms with van der Waals surface area (Å²) >= 11 is 1.52. The maximum Gasteiger partial charge on any atom is 0.264 e. The van der Waals surface area contributed by atoms with Crippen molar-refractivity contribution in [3.05, 3.63) is 65.5 Å². The number of pyridine rings is 1. The average Bonchev–Trinajstić information content (AvgIpc) is 3.00. The second kappa shape index (κ2) is 7.80. The fraction of sp³-hybridized carbons (Fsp3) is 0.176. The molecule has 2 aromatic heterocycles. The number of nitrogens with one attached hydrogen (secondary N) is 1. The van der Waals surface area contributed by atoms with Gasteiger partial charge in [-0.05, 0) is 31.5 Å². The van der Waals surface area contributed by atoms with Crippen LogP contribution in [0.1, 0.15) is 23.7 Å². The number of thioether (sulfide) groups is 1. The summed E-state index contributed by atoms with van der Waals surface area (Å²) in [6, 6.07) is 14.0. The van der Waals surface area contributed by atoms with Crippen molar-refractivity contribution in [2.24, 2.45) is 5.10 Å². The Morgan fingerprint density at radius 1 is 1.20 bits per heavy atom. The molecule has 7 nitrogen and oxygen atoms in total. The molecule has 0 radical (unpaired) electrons. The topological polar surface area (TPSA) is 94.0 Å². The van der Waals surface area contributed by atoms with Crippen LogP contribution in [0.25, 0.3) is 0 Å². The zero-order chi connectivity index (χ0) is 17.6. The van der Waals surface area contributed by atoms with Gasteiger partial charge in [0.2, 0.25) is 5.16 Å². The molecule has 3 aromatic rings. The number of nitrogens with two attached hydrogens (primary N) is 1. The van der Waals surface area contributed by atoms with Gasteiger partial charge in [-0.1, -0.05) is 47.7 Å². The van der Waals surface area contributed by atoms with E-state index in [1.54, 1.807) is 6.20 Å². The van der Waals surface area contributed by atoms with Crippen molar-refractivity contribution in [1.82, 2.24) is 19.9 Å². The van der Waals surface area contributed by atoms with Gasteiger partial charge in [-0.25, -0.2) is 10.1 Å². The van der Waals surface area contributed by atoms with Crippen LogP contribution in [0.5, 0.6) is 0 Å². The van der Waals surface area contributed by atoms with Crippen molar-refractivity contribution in [1.29, 1.82) is 0 Å². The zero-order valence-corrected chi connectivity index (χ0v) is 14.9. The van der Waals surface area contributed by atoms with Crippen LogP contribution in [0.4, 0.5) is 5.95 Å². The first-order valence-corrected chi connectivity index (χ1v) is 8.72. The number of hydrazone groups is 1. The number of anilines is 1. The van der Waals surface area contributed by atoms with Crippen molar-refractivity contribution in [2.75, 3.05) is 11.3 Å². The highest BCUT2D eigenvalue weighted by molar-refractivity contribution is 7.98. The number of nitrogen functional groups attached to an aromatic ring is 1. The summed E-state index contributed by atoms with van der Waals surface area (Å²) in [7, 11) is 0. The third kappa shape index (κ3) is 4.36. The molecule has 0 bridgehead atoms. The molecule has 3 rings (SSSR count). The largest absolute Gasteiger partial charge is 0.334 e. The van der Waals surface area contributed by atoms with Gasteiger partial charge >= 0.3 is 0 Å². The van der Waals surface area contributed by atoms with Crippen molar-refractivity contribution >= 4 is 23.4 Å². The molecule has 0 aliphatic rings. The lowest BCUT2D eigenvalue weighted by molar-refractivity contribution is 0.846. The van der Waals surface area contributed by atoms with Crippen LogP contribution in [0.15, 0.2) is 58.9 Å². The predicted octanol–water partition coefficient (Wildman–Crippen LogP) is 2.82. The molecular weight excluding hydrogens is 334 g/mol. The van der Waals surface area contributed by atoms with Crippen molar-refractivity contribution in [2.45, 2.75) is 24.8 Å². The summed E-state index contributed by atoms with van der Waals surface area (Å²) < 4.78 is 1.40. The number of hydrogen-bond donors (Lipinski definition) is 2. The van der Waals surface area contributed by atoms with Gasteiger partial charge in [0.05, 0.1) is 11.4 Å². The van der Waals surface area contributed by atoms with E-state index in [1.807, 2.05) is 25.1 Å². The Morgan fingerprint density at radius 3 is 2.72 bits per heavy atom. The van der Waals surface area contributed by atoms with Crippen LogP contribution in [0.2, 0.25) is 0 Å². The van der Waals surface area contributed by atoms with Gasteiger partial charge in [0.15, 0.2) is 0 Å². The molecule has 0 fully saturated rings. The van der Waals surface area contributed by atoms with E-state index >= 15 is 0 Å². The first-order valence-electron chi connectivity index (χ1n) is 7.74. The molecule has 0 aliphatic heterocycles. The highest BCUT2D eigenvalue weighted by atomic mass is 32.2. The minimum atomic E-state index is 0.377. The van der Waals surface area contributed by atoms with E-state index in [0.29, 0.717) is 11.1 Å². The first-order chi connectivity index (χ1) is 12.1. The molecule has 128 valence electrons. The lowest BCUT2D eigenvalue weighted by Crippen LogP contribution is -2.14. The summed E-state index contributed by atoms with van der Waals surface area (Å²) in [5, 5.41) is 13.0. The molecule has 0 spiro atoms. The Balaban J connectivity index is 1.64. The molecule has 0 unspecified atom stereocenters. The van der Waals surface area contributed by atoms with Crippen molar-refractivity contribution in [3.63, 3.8) is 0 Å². The van der Waals surface area contributed by atoms with Gasteiger partial charge in [-0.15, -0.1) is 10.2 Å². The molecule has 0 amide bonds. The van der Waals surface area contributed by atoms with Gasteiger partial charge in [-0.2, -0.15) is 5.10 Å². The minimum Gasteiger partial charge on any atom is -0.334 e. The van der Waals surface area contributed by atoms with E-state index in [-0.39, 0.29) is 0 Å². The van der Waals surface area contributed by atoms with Crippen LogP contribution < -0.4 is 11.3 Å².